The third-order valence-corrected chi connectivity index (χ3v) is 4.73. The van der Waals surface area contributed by atoms with E-state index in [4.69, 9.17) is 30.5 Å². The Labute approximate surface area is 181 Å². The zero-order valence-corrected chi connectivity index (χ0v) is 18.9. The van der Waals surface area contributed by atoms with Crippen LogP contribution < -0.4 is 19.5 Å². The molecule has 1 aliphatic rings. The molecule has 3 rings (SSSR count). The summed E-state index contributed by atoms with van der Waals surface area (Å²) in [5.74, 6) is 2.23. The first kappa shape index (κ1) is 23.5. The lowest BCUT2D eigenvalue weighted by Gasteiger charge is -2.15. The molecule has 0 amide bonds. The van der Waals surface area contributed by atoms with Gasteiger partial charge in [-0.05, 0) is 30.5 Å². The number of ether oxygens (including phenoxy) is 4. The predicted octanol–water partition coefficient (Wildman–Crippen LogP) is 4.46. The number of nitrogens with one attached hydrogen (secondary N) is 1. The molecule has 164 valence electrons. The molecule has 1 heterocycles. The maximum Gasteiger partial charge on any atom is 0.358 e. The van der Waals surface area contributed by atoms with E-state index in [0.29, 0.717) is 35.4 Å². The zero-order valence-electron chi connectivity index (χ0n) is 18.2. The normalized spacial score (nSPS) is 12.4. The topological polar surface area (TPSA) is 91.8 Å². The van der Waals surface area contributed by atoms with Gasteiger partial charge in [0, 0.05) is 12.5 Å². The molecular weight excluding hydrogens is 410 g/mol. The van der Waals surface area contributed by atoms with Crippen molar-refractivity contribution in [3.8, 4) is 17.2 Å². The summed E-state index contributed by atoms with van der Waals surface area (Å²) in [5, 5.41) is 3.30. The Morgan fingerprint density at radius 3 is 2.13 bits per heavy atom. The number of rotatable bonds is 8. The van der Waals surface area contributed by atoms with Crippen LogP contribution in [0.25, 0.3) is 0 Å². The second kappa shape index (κ2) is 10.9. The van der Waals surface area contributed by atoms with Gasteiger partial charge < -0.3 is 24.3 Å². The summed E-state index contributed by atoms with van der Waals surface area (Å²) < 4.78 is 20.9. The highest BCUT2D eigenvalue weighted by atomic mass is 35.5. The van der Waals surface area contributed by atoms with Crippen molar-refractivity contribution in [1.29, 1.82) is 0 Å². The number of hydrogen-bond donors (Lipinski definition) is 1. The maximum atomic E-state index is 12.0. The fraction of sp³-hybridized carbons (Fsp3) is 0.476. The smallest absolute Gasteiger partial charge is 0.358 e. The van der Waals surface area contributed by atoms with Gasteiger partial charge in [-0.25, -0.2) is 14.8 Å². The molecule has 1 N–H and O–H groups in total. The van der Waals surface area contributed by atoms with E-state index in [1.54, 1.807) is 21.3 Å². The third-order valence-electron chi connectivity index (χ3n) is 4.37. The lowest BCUT2D eigenvalue weighted by atomic mass is 10.1. The van der Waals surface area contributed by atoms with Crippen molar-refractivity contribution in [2.45, 2.75) is 39.2 Å². The molecular formula is C21H28ClN3O5. The molecule has 9 heteroatoms. The molecule has 1 fully saturated rings. The van der Waals surface area contributed by atoms with Crippen molar-refractivity contribution >= 4 is 23.4 Å². The first-order valence-corrected chi connectivity index (χ1v) is 10.1. The highest BCUT2D eigenvalue weighted by Crippen LogP contribution is 2.40. The van der Waals surface area contributed by atoms with Crippen LogP contribution in [-0.4, -0.2) is 44.4 Å². The summed E-state index contributed by atoms with van der Waals surface area (Å²) in [5.41, 5.74) is 0.922. The van der Waals surface area contributed by atoms with E-state index < -0.39 is 5.97 Å². The molecule has 1 saturated carbocycles. The number of carbonyl (C=O) groups excluding carboxylic acids is 1. The molecule has 0 aliphatic heterocycles. The van der Waals surface area contributed by atoms with Crippen LogP contribution in [0, 0.1) is 0 Å². The minimum atomic E-state index is -0.592. The summed E-state index contributed by atoms with van der Waals surface area (Å²) in [4.78, 5) is 20.8. The summed E-state index contributed by atoms with van der Waals surface area (Å²) in [6.45, 7) is 4.37. The summed E-state index contributed by atoms with van der Waals surface area (Å²) >= 11 is 6.35. The van der Waals surface area contributed by atoms with Gasteiger partial charge in [-0.2, -0.15) is 0 Å². The fourth-order valence-corrected chi connectivity index (χ4v) is 2.99. The van der Waals surface area contributed by atoms with Crippen molar-refractivity contribution in [2.24, 2.45) is 0 Å². The lowest BCUT2D eigenvalue weighted by molar-refractivity contribution is 0.0593. The monoisotopic (exact) mass is 437 g/mol. The minimum absolute atomic E-state index is 0.0634. The van der Waals surface area contributed by atoms with Crippen molar-refractivity contribution in [2.75, 3.05) is 33.8 Å². The Bertz CT molecular complexity index is 862. The largest absolute Gasteiger partial charge is 0.493 e. The van der Waals surface area contributed by atoms with E-state index in [9.17, 15) is 4.79 Å². The van der Waals surface area contributed by atoms with Gasteiger partial charge in [0.25, 0.3) is 0 Å². The van der Waals surface area contributed by atoms with Gasteiger partial charge in [-0.15, -0.1) is 0 Å². The van der Waals surface area contributed by atoms with E-state index in [-0.39, 0.29) is 16.6 Å². The van der Waals surface area contributed by atoms with Gasteiger partial charge in [0.05, 0.1) is 28.4 Å². The molecule has 0 radical (unpaired) electrons. The van der Waals surface area contributed by atoms with Crippen LogP contribution in [0.5, 0.6) is 17.2 Å². The van der Waals surface area contributed by atoms with E-state index >= 15 is 0 Å². The molecule has 0 saturated heterocycles. The third kappa shape index (κ3) is 5.24. The molecule has 2 aromatic rings. The number of benzene rings is 1. The second-order valence-electron chi connectivity index (χ2n) is 6.25. The van der Waals surface area contributed by atoms with Crippen LogP contribution >= 0.6 is 11.6 Å². The SMILES string of the molecule is CC.COC(=O)c1nc(C2CC2)nc(NCc2cc(OC)c(OC)c(OC)c2)c1Cl. The van der Waals surface area contributed by atoms with E-state index in [1.165, 1.54) is 7.11 Å². The molecule has 1 aliphatic carbocycles. The van der Waals surface area contributed by atoms with E-state index in [1.807, 2.05) is 26.0 Å². The van der Waals surface area contributed by atoms with Crippen molar-refractivity contribution in [1.82, 2.24) is 9.97 Å². The molecule has 0 spiro atoms. The molecule has 8 nitrogen and oxygen atoms in total. The number of esters is 1. The molecule has 1 aromatic carbocycles. The predicted molar refractivity (Wildman–Crippen MR) is 115 cm³/mol. The van der Waals surface area contributed by atoms with Crippen molar-refractivity contribution in [3.05, 3.63) is 34.2 Å². The first-order valence-electron chi connectivity index (χ1n) is 9.70. The Balaban J connectivity index is 0.00000155. The summed E-state index contributed by atoms with van der Waals surface area (Å²) in [6.07, 6.45) is 1.99. The minimum Gasteiger partial charge on any atom is -0.493 e. The van der Waals surface area contributed by atoms with Gasteiger partial charge in [-0.3, -0.25) is 0 Å². The Hall–Kier alpha value is -2.74. The van der Waals surface area contributed by atoms with Gasteiger partial charge in [0.2, 0.25) is 5.75 Å². The van der Waals surface area contributed by atoms with Gasteiger partial charge in [-0.1, -0.05) is 25.4 Å². The van der Waals surface area contributed by atoms with Gasteiger partial charge in [0.15, 0.2) is 17.2 Å². The van der Waals surface area contributed by atoms with Crippen LogP contribution in [0.4, 0.5) is 5.82 Å². The summed E-state index contributed by atoms with van der Waals surface area (Å²) in [7, 11) is 5.95. The lowest BCUT2D eigenvalue weighted by Crippen LogP contribution is -2.12. The van der Waals surface area contributed by atoms with Crippen LogP contribution in [-0.2, 0) is 11.3 Å². The number of hydrogen-bond acceptors (Lipinski definition) is 8. The highest BCUT2D eigenvalue weighted by Gasteiger charge is 2.30. The number of aromatic nitrogens is 2. The maximum absolute atomic E-state index is 12.0. The molecule has 0 unspecified atom stereocenters. The van der Waals surface area contributed by atoms with Crippen molar-refractivity contribution in [3.63, 3.8) is 0 Å². The van der Waals surface area contributed by atoms with Crippen LogP contribution in [0.15, 0.2) is 12.1 Å². The van der Waals surface area contributed by atoms with Gasteiger partial charge >= 0.3 is 5.97 Å². The number of halogens is 1. The molecule has 30 heavy (non-hydrogen) atoms. The standard InChI is InChI=1S/C19H22ClN3O5.C2H6/c1-25-12-7-10(8-13(26-2)16(12)27-3)9-21-18-14(20)15(19(24)28-4)22-17(23-18)11-5-6-11;1-2/h7-8,11H,5-6,9H2,1-4H3,(H,21,22,23);1-2H3. The number of methoxy groups -OCH3 is 4. The number of nitrogens with zero attached hydrogens (tertiary/aromatic N) is 2. The number of carbonyl (C=O) groups is 1. The average Bonchev–Trinajstić information content (AvgIpc) is 3.63. The zero-order chi connectivity index (χ0) is 22.3. The van der Waals surface area contributed by atoms with Crippen LogP contribution in [0.3, 0.4) is 0 Å². The Morgan fingerprint density at radius 1 is 1.07 bits per heavy atom. The van der Waals surface area contributed by atoms with Crippen LogP contribution in [0.2, 0.25) is 5.02 Å². The fourth-order valence-electron chi connectivity index (χ4n) is 2.76. The Kier molecular flexibility index (Phi) is 8.53. The first-order chi connectivity index (χ1) is 14.5. The van der Waals surface area contributed by atoms with Gasteiger partial charge in [0.1, 0.15) is 16.7 Å². The van der Waals surface area contributed by atoms with E-state index in [2.05, 4.69) is 15.3 Å². The second-order valence-corrected chi connectivity index (χ2v) is 6.62. The summed E-state index contributed by atoms with van der Waals surface area (Å²) in [6, 6.07) is 3.65. The molecule has 0 atom stereocenters. The number of anilines is 1. The molecule has 0 bridgehead atoms. The average molecular weight is 438 g/mol. The quantitative estimate of drug-likeness (QED) is 0.605. The van der Waals surface area contributed by atoms with E-state index in [0.717, 1.165) is 18.4 Å². The highest BCUT2D eigenvalue weighted by molar-refractivity contribution is 6.35. The van der Waals surface area contributed by atoms with Crippen molar-refractivity contribution < 1.29 is 23.7 Å². The van der Waals surface area contributed by atoms with Crippen LogP contribution in [0.1, 0.15) is 54.5 Å². The molecule has 1 aromatic heterocycles. The Morgan fingerprint density at radius 2 is 1.67 bits per heavy atom.